The predicted molar refractivity (Wildman–Crippen MR) is 59.4 cm³/mol. The van der Waals surface area contributed by atoms with Gasteiger partial charge in [-0.05, 0) is 5.92 Å². The van der Waals surface area contributed by atoms with E-state index in [0.717, 1.165) is 5.69 Å². The van der Waals surface area contributed by atoms with E-state index in [2.05, 4.69) is 26.3 Å². The Morgan fingerprint density at radius 3 is 2.71 bits per heavy atom. The number of hydrogen-bond acceptors (Lipinski definition) is 2. The molecule has 1 rings (SSSR count). The van der Waals surface area contributed by atoms with Gasteiger partial charge in [0.05, 0.1) is 16.7 Å². The lowest BCUT2D eigenvalue weighted by Gasteiger charge is -2.12. The molecule has 14 heavy (non-hydrogen) atoms. The molecule has 1 amide bonds. The summed E-state index contributed by atoms with van der Waals surface area (Å²) < 4.78 is 1.65. The highest BCUT2D eigenvalue weighted by atomic mass is 79.9. The standard InChI is InChI=1S/C9H14BrN3O/c1-6(2)8(10)9(14)12-7-4-11-13(3)5-7/h4-6,8H,1-3H3,(H,12,14). The fourth-order valence-electron chi connectivity index (χ4n) is 1.000. The minimum atomic E-state index is -0.164. The Bertz CT molecular complexity index is 322. The van der Waals surface area contributed by atoms with E-state index < -0.39 is 0 Å². The SMILES string of the molecule is CC(C)C(Br)C(=O)Nc1cnn(C)c1. The van der Waals surface area contributed by atoms with Gasteiger partial charge in [0.1, 0.15) is 0 Å². The van der Waals surface area contributed by atoms with E-state index in [1.165, 1.54) is 0 Å². The van der Waals surface area contributed by atoms with Crippen molar-refractivity contribution in [3.05, 3.63) is 12.4 Å². The van der Waals surface area contributed by atoms with Crippen LogP contribution in [0.3, 0.4) is 0 Å². The first-order valence-corrected chi connectivity index (χ1v) is 5.36. The van der Waals surface area contributed by atoms with E-state index in [-0.39, 0.29) is 16.7 Å². The van der Waals surface area contributed by atoms with Gasteiger partial charge < -0.3 is 5.32 Å². The minimum Gasteiger partial charge on any atom is -0.322 e. The van der Waals surface area contributed by atoms with Crippen LogP contribution in [0.5, 0.6) is 0 Å². The van der Waals surface area contributed by atoms with Crippen molar-refractivity contribution in [2.75, 3.05) is 5.32 Å². The second kappa shape index (κ2) is 4.59. The fourth-order valence-corrected chi connectivity index (χ4v) is 1.11. The highest BCUT2D eigenvalue weighted by Crippen LogP contribution is 2.14. The molecule has 1 N–H and O–H groups in total. The van der Waals surface area contributed by atoms with Gasteiger partial charge >= 0.3 is 0 Å². The molecular weight excluding hydrogens is 246 g/mol. The third-order valence-electron chi connectivity index (χ3n) is 1.81. The number of hydrogen-bond donors (Lipinski definition) is 1. The summed E-state index contributed by atoms with van der Waals surface area (Å²) in [4.78, 5) is 11.4. The van der Waals surface area contributed by atoms with Gasteiger partial charge in [0.15, 0.2) is 0 Å². The number of amides is 1. The highest BCUT2D eigenvalue weighted by Gasteiger charge is 2.18. The average Bonchev–Trinajstić information content (AvgIpc) is 2.49. The number of carbonyl (C=O) groups is 1. The molecule has 0 saturated heterocycles. The molecule has 1 aromatic rings. The largest absolute Gasteiger partial charge is 0.322 e. The summed E-state index contributed by atoms with van der Waals surface area (Å²) in [6.45, 7) is 3.98. The van der Waals surface area contributed by atoms with Gasteiger partial charge in [0.25, 0.3) is 0 Å². The van der Waals surface area contributed by atoms with Crippen LogP contribution in [0.25, 0.3) is 0 Å². The number of nitrogens with zero attached hydrogens (tertiary/aromatic N) is 2. The Morgan fingerprint density at radius 1 is 1.64 bits per heavy atom. The lowest BCUT2D eigenvalue weighted by atomic mass is 10.1. The van der Waals surface area contributed by atoms with Crippen molar-refractivity contribution in [2.45, 2.75) is 18.7 Å². The molecule has 78 valence electrons. The Hall–Kier alpha value is -0.840. The van der Waals surface area contributed by atoms with Crippen LogP contribution in [0, 0.1) is 5.92 Å². The molecule has 0 saturated carbocycles. The summed E-state index contributed by atoms with van der Waals surface area (Å²) in [5, 5.41) is 6.74. The fraction of sp³-hybridized carbons (Fsp3) is 0.556. The zero-order valence-electron chi connectivity index (χ0n) is 8.49. The quantitative estimate of drug-likeness (QED) is 0.842. The van der Waals surface area contributed by atoms with Crippen LogP contribution in [0.4, 0.5) is 5.69 Å². The third kappa shape index (κ3) is 2.83. The average molecular weight is 260 g/mol. The van der Waals surface area contributed by atoms with Crippen molar-refractivity contribution < 1.29 is 4.79 Å². The maximum absolute atomic E-state index is 11.6. The molecule has 1 atom stereocenters. The second-order valence-corrected chi connectivity index (χ2v) is 4.52. The van der Waals surface area contributed by atoms with Gasteiger partial charge in [-0.3, -0.25) is 9.48 Å². The number of alkyl halides is 1. The molecule has 1 aromatic heterocycles. The van der Waals surface area contributed by atoms with E-state index in [4.69, 9.17) is 0 Å². The van der Waals surface area contributed by atoms with Crippen LogP contribution < -0.4 is 5.32 Å². The van der Waals surface area contributed by atoms with Gasteiger partial charge in [-0.1, -0.05) is 29.8 Å². The maximum atomic E-state index is 11.6. The smallest absolute Gasteiger partial charge is 0.238 e. The molecule has 0 spiro atoms. The zero-order chi connectivity index (χ0) is 10.7. The number of nitrogens with one attached hydrogen (secondary N) is 1. The van der Waals surface area contributed by atoms with Crippen molar-refractivity contribution in [3.8, 4) is 0 Å². The molecule has 1 unspecified atom stereocenters. The first-order valence-electron chi connectivity index (χ1n) is 4.44. The molecule has 0 bridgehead atoms. The molecule has 0 fully saturated rings. The van der Waals surface area contributed by atoms with E-state index in [0.29, 0.717) is 0 Å². The second-order valence-electron chi connectivity index (χ2n) is 3.54. The lowest BCUT2D eigenvalue weighted by molar-refractivity contribution is -0.116. The summed E-state index contributed by atoms with van der Waals surface area (Å²) in [6.07, 6.45) is 3.38. The summed E-state index contributed by atoms with van der Waals surface area (Å²) in [5.74, 6) is 0.236. The van der Waals surface area contributed by atoms with Crippen molar-refractivity contribution in [1.29, 1.82) is 0 Å². The normalized spacial score (nSPS) is 12.9. The predicted octanol–water partition coefficient (Wildman–Crippen LogP) is 1.78. The number of halogens is 1. The van der Waals surface area contributed by atoms with E-state index in [9.17, 15) is 4.79 Å². The lowest BCUT2D eigenvalue weighted by Crippen LogP contribution is -2.26. The van der Waals surface area contributed by atoms with Crippen molar-refractivity contribution in [3.63, 3.8) is 0 Å². The van der Waals surface area contributed by atoms with Gasteiger partial charge in [0, 0.05) is 13.2 Å². The van der Waals surface area contributed by atoms with Crippen LogP contribution in [0.15, 0.2) is 12.4 Å². The molecule has 0 aliphatic carbocycles. The number of aryl methyl sites for hydroxylation is 1. The van der Waals surface area contributed by atoms with Gasteiger partial charge in [0.2, 0.25) is 5.91 Å². The number of aromatic nitrogens is 2. The molecular formula is C9H14BrN3O. The highest BCUT2D eigenvalue weighted by molar-refractivity contribution is 9.10. The summed E-state index contributed by atoms with van der Waals surface area (Å²) in [6, 6.07) is 0. The summed E-state index contributed by atoms with van der Waals surface area (Å²) >= 11 is 3.33. The van der Waals surface area contributed by atoms with Crippen LogP contribution in [-0.4, -0.2) is 20.5 Å². The van der Waals surface area contributed by atoms with Crippen molar-refractivity contribution in [2.24, 2.45) is 13.0 Å². The molecule has 0 aliphatic rings. The number of anilines is 1. The molecule has 1 heterocycles. The molecule has 0 aliphatic heterocycles. The topological polar surface area (TPSA) is 46.9 Å². The Balaban J connectivity index is 2.57. The number of rotatable bonds is 3. The summed E-state index contributed by atoms with van der Waals surface area (Å²) in [7, 11) is 1.81. The van der Waals surface area contributed by atoms with Crippen molar-refractivity contribution >= 4 is 27.5 Å². The molecule has 4 nitrogen and oxygen atoms in total. The van der Waals surface area contributed by atoms with Crippen LogP contribution in [-0.2, 0) is 11.8 Å². The Kier molecular flexibility index (Phi) is 3.69. The number of carbonyl (C=O) groups excluding carboxylic acids is 1. The summed E-state index contributed by atoms with van der Waals surface area (Å²) in [5.41, 5.74) is 0.725. The van der Waals surface area contributed by atoms with Gasteiger partial charge in [-0.15, -0.1) is 0 Å². The molecule has 0 radical (unpaired) electrons. The van der Waals surface area contributed by atoms with Crippen LogP contribution in [0.2, 0.25) is 0 Å². The molecule has 5 heteroatoms. The third-order valence-corrected chi connectivity index (χ3v) is 3.28. The molecule has 0 aromatic carbocycles. The van der Waals surface area contributed by atoms with Crippen LogP contribution >= 0.6 is 15.9 Å². The minimum absolute atomic E-state index is 0.0343. The van der Waals surface area contributed by atoms with Gasteiger partial charge in [-0.2, -0.15) is 5.10 Å². The van der Waals surface area contributed by atoms with Crippen LogP contribution in [0.1, 0.15) is 13.8 Å². The maximum Gasteiger partial charge on any atom is 0.238 e. The zero-order valence-corrected chi connectivity index (χ0v) is 10.1. The van der Waals surface area contributed by atoms with E-state index in [1.54, 1.807) is 17.1 Å². The van der Waals surface area contributed by atoms with Gasteiger partial charge in [-0.25, -0.2) is 0 Å². The van der Waals surface area contributed by atoms with E-state index in [1.807, 2.05) is 20.9 Å². The first kappa shape index (κ1) is 11.2. The van der Waals surface area contributed by atoms with Crippen molar-refractivity contribution in [1.82, 2.24) is 9.78 Å². The monoisotopic (exact) mass is 259 g/mol. The Morgan fingerprint density at radius 2 is 2.29 bits per heavy atom. The van der Waals surface area contributed by atoms with E-state index >= 15 is 0 Å². The Labute approximate surface area is 91.8 Å². The first-order chi connectivity index (χ1) is 6.50.